The van der Waals surface area contributed by atoms with Crippen molar-refractivity contribution in [3.8, 4) is 0 Å². The lowest BCUT2D eigenvalue weighted by Crippen LogP contribution is -2.21. The van der Waals surface area contributed by atoms with Crippen LogP contribution in [-0.2, 0) is 4.79 Å². The van der Waals surface area contributed by atoms with E-state index in [0.29, 0.717) is 10.8 Å². The molecule has 1 aliphatic rings. The predicted octanol–water partition coefficient (Wildman–Crippen LogP) is 0.675. The lowest BCUT2D eigenvalue weighted by molar-refractivity contribution is -0.115. The van der Waals surface area contributed by atoms with E-state index in [2.05, 4.69) is 17.6 Å². The summed E-state index contributed by atoms with van der Waals surface area (Å²) >= 11 is 4.74. The lowest BCUT2D eigenvalue weighted by atomic mass is 10.3. The summed E-state index contributed by atoms with van der Waals surface area (Å²) in [7, 11) is 0. The summed E-state index contributed by atoms with van der Waals surface area (Å²) in [4.78, 5) is 11.0. The summed E-state index contributed by atoms with van der Waals surface area (Å²) in [6.45, 7) is 2.06. The molecule has 0 saturated carbocycles. The van der Waals surface area contributed by atoms with Gasteiger partial charge in [0.15, 0.2) is 5.11 Å². The van der Waals surface area contributed by atoms with E-state index in [1.165, 1.54) is 0 Å². The highest BCUT2D eigenvalue weighted by Crippen LogP contribution is 2.00. The molecule has 4 heteroatoms. The minimum Gasteiger partial charge on any atom is -0.328 e. The first kappa shape index (κ1) is 8.20. The number of nitrogens with one attached hydrogen (secondary N) is 2. The molecule has 0 spiro atoms. The van der Waals surface area contributed by atoms with Gasteiger partial charge in [-0.2, -0.15) is 0 Å². The maximum absolute atomic E-state index is 11.0. The Balaban J connectivity index is 2.59. The van der Waals surface area contributed by atoms with Crippen LogP contribution in [0.15, 0.2) is 11.8 Å². The summed E-state index contributed by atoms with van der Waals surface area (Å²) < 4.78 is 0. The van der Waals surface area contributed by atoms with Crippen molar-refractivity contribution in [1.82, 2.24) is 10.6 Å². The molecule has 1 aliphatic heterocycles. The molecule has 0 bridgehead atoms. The molecule has 1 saturated heterocycles. The third-order valence-electron chi connectivity index (χ3n) is 1.36. The fourth-order valence-corrected chi connectivity index (χ4v) is 1.02. The normalized spacial score (nSPS) is 20.3. The van der Waals surface area contributed by atoms with Crippen LogP contribution in [0, 0.1) is 0 Å². The van der Waals surface area contributed by atoms with Crippen LogP contribution in [-0.4, -0.2) is 11.0 Å². The molecule has 1 rings (SSSR count). The summed E-state index contributed by atoms with van der Waals surface area (Å²) in [5.74, 6) is -0.122. The maximum atomic E-state index is 11.0. The zero-order valence-corrected chi connectivity index (χ0v) is 7.12. The van der Waals surface area contributed by atoms with Crippen LogP contribution in [0.1, 0.15) is 19.8 Å². The molecule has 0 aromatic heterocycles. The number of carbonyl (C=O) groups excluding carboxylic acids is 1. The topological polar surface area (TPSA) is 41.1 Å². The van der Waals surface area contributed by atoms with Gasteiger partial charge < -0.3 is 5.32 Å². The van der Waals surface area contributed by atoms with E-state index >= 15 is 0 Å². The second-order valence-corrected chi connectivity index (χ2v) is 2.72. The number of hydrogen-bond acceptors (Lipinski definition) is 2. The average Bonchev–Trinajstić information content (AvgIpc) is 2.26. The third kappa shape index (κ3) is 2.01. The molecular formula is C7H10N2OS. The Labute approximate surface area is 70.9 Å². The van der Waals surface area contributed by atoms with Crippen molar-refractivity contribution in [2.75, 3.05) is 0 Å². The largest absolute Gasteiger partial charge is 0.328 e. The maximum Gasteiger partial charge on any atom is 0.273 e. The standard InChI is InChI=1S/C7H10N2OS/c1-2-3-4-5-6(10)9-7(11)8-5/h4H,2-3H2,1H3,(H2,8,9,10,11)/b5-4+. The fourth-order valence-electron chi connectivity index (χ4n) is 0.813. The van der Waals surface area contributed by atoms with E-state index in [0.717, 1.165) is 12.8 Å². The Morgan fingerprint density at radius 3 is 2.73 bits per heavy atom. The molecule has 0 radical (unpaired) electrons. The Morgan fingerprint density at radius 1 is 1.55 bits per heavy atom. The van der Waals surface area contributed by atoms with Gasteiger partial charge >= 0.3 is 0 Å². The summed E-state index contributed by atoms with van der Waals surface area (Å²) in [6, 6.07) is 0. The number of rotatable bonds is 2. The molecule has 0 atom stereocenters. The van der Waals surface area contributed by atoms with Gasteiger partial charge in [-0.05, 0) is 18.6 Å². The lowest BCUT2D eigenvalue weighted by Gasteiger charge is -1.91. The molecule has 0 aromatic carbocycles. The summed E-state index contributed by atoms with van der Waals surface area (Å²) in [5, 5.41) is 5.66. The smallest absolute Gasteiger partial charge is 0.273 e. The Hall–Kier alpha value is -0.900. The monoisotopic (exact) mass is 170 g/mol. The number of allylic oxidation sites excluding steroid dienone is 1. The molecule has 1 fully saturated rings. The van der Waals surface area contributed by atoms with Gasteiger partial charge in [-0.3, -0.25) is 10.1 Å². The van der Waals surface area contributed by atoms with Crippen molar-refractivity contribution in [3.63, 3.8) is 0 Å². The minimum absolute atomic E-state index is 0.122. The van der Waals surface area contributed by atoms with Gasteiger partial charge in [-0.1, -0.05) is 19.4 Å². The summed E-state index contributed by atoms with van der Waals surface area (Å²) in [5.41, 5.74) is 0.580. The molecule has 11 heavy (non-hydrogen) atoms. The predicted molar refractivity (Wildman–Crippen MR) is 46.9 cm³/mol. The molecule has 0 unspecified atom stereocenters. The van der Waals surface area contributed by atoms with Crippen LogP contribution in [0.4, 0.5) is 0 Å². The van der Waals surface area contributed by atoms with E-state index in [4.69, 9.17) is 12.2 Å². The molecular weight excluding hydrogens is 160 g/mol. The van der Waals surface area contributed by atoms with Gasteiger partial charge in [0.05, 0.1) is 0 Å². The van der Waals surface area contributed by atoms with E-state index in [9.17, 15) is 4.79 Å². The highest BCUT2D eigenvalue weighted by Gasteiger charge is 2.18. The van der Waals surface area contributed by atoms with Crippen LogP contribution in [0.25, 0.3) is 0 Å². The van der Waals surface area contributed by atoms with Crippen LogP contribution in [0.3, 0.4) is 0 Å². The van der Waals surface area contributed by atoms with Gasteiger partial charge in [-0.25, -0.2) is 0 Å². The van der Waals surface area contributed by atoms with Crippen molar-refractivity contribution in [3.05, 3.63) is 11.8 Å². The van der Waals surface area contributed by atoms with Crippen molar-refractivity contribution >= 4 is 23.2 Å². The van der Waals surface area contributed by atoms with Gasteiger partial charge in [-0.15, -0.1) is 0 Å². The highest BCUT2D eigenvalue weighted by atomic mass is 32.1. The van der Waals surface area contributed by atoms with Crippen LogP contribution in [0.2, 0.25) is 0 Å². The third-order valence-corrected chi connectivity index (χ3v) is 1.56. The SMILES string of the molecule is CCC/C=C1/NC(=S)NC1=O. The van der Waals surface area contributed by atoms with Crippen LogP contribution < -0.4 is 10.6 Å². The Morgan fingerprint density at radius 2 is 2.27 bits per heavy atom. The number of unbranched alkanes of at least 4 members (excludes halogenated alkanes) is 1. The van der Waals surface area contributed by atoms with Crippen molar-refractivity contribution in [1.29, 1.82) is 0 Å². The molecule has 0 aromatic rings. The number of carbonyl (C=O) groups is 1. The zero-order valence-electron chi connectivity index (χ0n) is 6.31. The van der Waals surface area contributed by atoms with Crippen LogP contribution in [0.5, 0.6) is 0 Å². The molecule has 2 N–H and O–H groups in total. The van der Waals surface area contributed by atoms with Crippen LogP contribution >= 0.6 is 12.2 Å². The second kappa shape index (κ2) is 3.48. The molecule has 3 nitrogen and oxygen atoms in total. The Bertz CT molecular complexity index is 222. The van der Waals surface area contributed by atoms with E-state index in [1.54, 1.807) is 0 Å². The second-order valence-electron chi connectivity index (χ2n) is 2.31. The van der Waals surface area contributed by atoms with Gasteiger partial charge in [0, 0.05) is 0 Å². The summed E-state index contributed by atoms with van der Waals surface area (Å²) in [6.07, 6.45) is 3.79. The van der Waals surface area contributed by atoms with Crippen molar-refractivity contribution in [2.45, 2.75) is 19.8 Å². The van der Waals surface area contributed by atoms with E-state index in [-0.39, 0.29) is 5.91 Å². The first-order chi connectivity index (χ1) is 5.24. The number of amides is 1. The fraction of sp³-hybridized carbons (Fsp3) is 0.429. The van der Waals surface area contributed by atoms with Crippen molar-refractivity contribution < 1.29 is 4.79 Å². The number of hydrogen-bond donors (Lipinski definition) is 2. The van der Waals surface area contributed by atoms with E-state index < -0.39 is 0 Å². The van der Waals surface area contributed by atoms with Gasteiger partial charge in [0.1, 0.15) is 5.70 Å². The Kier molecular flexibility index (Phi) is 2.59. The van der Waals surface area contributed by atoms with E-state index in [1.807, 2.05) is 6.08 Å². The first-order valence-corrected chi connectivity index (χ1v) is 3.97. The molecule has 60 valence electrons. The van der Waals surface area contributed by atoms with Crippen molar-refractivity contribution in [2.24, 2.45) is 0 Å². The first-order valence-electron chi connectivity index (χ1n) is 3.56. The average molecular weight is 170 g/mol. The van der Waals surface area contributed by atoms with Gasteiger partial charge in [0.25, 0.3) is 5.91 Å². The molecule has 0 aliphatic carbocycles. The molecule has 1 heterocycles. The quantitative estimate of drug-likeness (QED) is 0.473. The zero-order chi connectivity index (χ0) is 8.27. The van der Waals surface area contributed by atoms with Gasteiger partial charge in [0.2, 0.25) is 0 Å². The number of thiocarbonyl (C=S) groups is 1. The molecule has 1 amide bonds. The highest BCUT2D eigenvalue weighted by molar-refractivity contribution is 7.80. The minimum atomic E-state index is -0.122.